The van der Waals surface area contributed by atoms with E-state index in [9.17, 15) is 17.6 Å². The molecule has 1 fully saturated rings. The topological polar surface area (TPSA) is 66.5 Å². The molecule has 2 aromatic carbocycles. The van der Waals surface area contributed by atoms with Crippen LogP contribution in [0.3, 0.4) is 0 Å². The van der Waals surface area contributed by atoms with Crippen LogP contribution in [0.2, 0.25) is 0 Å². The fourth-order valence-electron chi connectivity index (χ4n) is 3.01. The standard InChI is InChI=1S/C19H21FN2O3S/c1-14-7-8-16(13-18(14)20)21-19(23)15-9-11-22(12-10-15)26(24,25)17-5-3-2-4-6-17/h2-8,13,15H,9-12H2,1H3,(H,21,23). The highest BCUT2D eigenvalue weighted by molar-refractivity contribution is 7.89. The van der Waals surface area contributed by atoms with Gasteiger partial charge in [0, 0.05) is 24.7 Å². The van der Waals surface area contributed by atoms with Crippen LogP contribution in [-0.2, 0) is 14.8 Å². The zero-order valence-corrected chi connectivity index (χ0v) is 15.3. The third-order valence-corrected chi connectivity index (χ3v) is 6.56. The minimum atomic E-state index is -3.53. The number of nitrogens with one attached hydrogen (secondary N) is 1. The summed E-state index contributed by atoms with van der Waals surface area (Å²) in [7, 11) is -3.53. The van der Waals surface area contributed by atoms with E-state index >= 15 is 0 Å². The highest BCUT2D eigenvalue weighted by Crippen LogP contribution is 2.25. The summed E-state index contributed by atoms with van der Waals surface area (Å²) in [6.45, 7) is 2.24. The second kappa shape index (κ2) is 7.55. The summed E-state index contributed by atoms with van der Waals surface area (Å²) in [6.07, 6.45) is 0.873. The lowest BCUT2D eigenvalue weighted by Gasteiger charge is -2.30. The summed E-state index contributed by atoms with van der Waals surface area (Å²) in [5.41, 5.74) is 0.930. The number of carbonyl (C=O) groups is 1. The van der Waals surface area contributed by atoms with E-state index in [0.29, 0.717) is 24.1 Å². The molecule has 26 heavy (non-hydrogen) atoms. The van der Waals surface area contributed by atoms with Crippen LogP contribution < -0.4 is 5.32 Å². The molecule has 5 nitrogen and oxygen atoms in total. The van der Waals surface area contributed by atoms with Gasteiger partial charge in [0.15, 0.2) is 0 Å². The number of sulfonamides is 1. The van der Waals surface area contributed by atoms with Crippen molar-refractivity contribution < 1.29 is 17.6 Å². The molecule has 0 saturated carbocycles. The lowest BCUT2D eigenvalue weighted by Crippen LogP contribution is -2.41. The molecule has 1 N–H and O–H groups in total. The fraction of sp³-hybridized carbons (Fsp3) is 0.316. The molecule has 3 rings (SSSR count). The zero-order chi connectivity index (χ0) is 18.7. The zero-order valence-electron chi connectivity index (χ0n) is 14.5. The minimum absolute atomic E-state index is 0.204. The van der Waals surface area contributed by atoms with E-state index in [-0.39, 0.29) is 35.6 Å². The number of piperidine rings is 1. The van der Waals surface area contributed by atoms with E-state index in [2.05, 4.69) is 5.32 Å². The van der Waals surface area contributed by atoms with Crippen LogP contribution in [0.25, 0.3) is 0 Å². The van der Waals surface area contributed by atoms with Crippen molar-refractivity contribution in [2.45, 2.75) is 24.7 Å². The number of carbonyl (C=O) groups excluding carboxylic acids is 1. The summed E-state index contributed by atoms with van der Waals surface area (Å²) >= 11 is 0. The van der Waals surface area contributed by atoms with Crippen molar-refractivity contribution in [3.05, 3.63) is 59.9 Å². The summed E-state index contributed by atoms with van der Waals surface area (Å²) in [5.74, 6) is -0.863. The van der Waals surface area contributed by atoms with Crippen LogP contribution in [0, 0.1) is 18.7 Å². The summed E-state index contributed by atoms with van der Waals surface area (Å²) in [6, 6.07) is 12.8. The van der Waals surface area contributed by atoms with E-state index in [4.69, 9.17) is 0 Å². The first-order chi connectivity index (χ1) is 12.4. The van der Waals surface area contributed by atoms with E-state index < -0.39 is 10.0 Å². The molecule has 0 radical (unpaired) electrons. The highest BCUT2D eigenvalue weighted by atomic mass is 32.2. The van der Waals surface area contributed by atoms with Gasteiger partial charge in [0.2, 0.25) is 15.9 Å². The second-order valence-corrected chi connectivity index (χ2v) is 8.38. The molecule has 1 aliphatic heterocycles. The number of anilines is 1. The Labute approximate surface area is 152 Å². The number of hydrogen-bond donors (Lipinski definition) is 1. The number of aryl methyl sites for hydroxylation is 1. The lowest BCUT2D eigenvalue weighted by atomic mass is 9.97. The second-order valence-electron chi connectivity index (χ2n) is 6.44. The van der Waals surface area contributed by atoms with Gasteiger partial charge in [-0.1, -0.05) is 24.3 Å². The molecule has 0 bridgehead atoms. The Morgan fingerprint density at radius 3 is 2.38 bits per heavy atom. The third-order valence-electron chi connectivity index (χ3n) is 4.65. The molecule has 2 aromatic rings. The van der Waals surface area contributed by atoms with Crippen molar-refractivity contribution in [2.75, 3.05) is 18.4 Å². The molecule has 0 spiro atoms. The van der Waals surface area contributed by atoms with E-state index in [1.807, 2.05) is 0 Å². The van der Waals surface area contributed by atoms with Crippen molar-refractivity contribution in [3.63, 3.8) is 0 Å². The third kappa shape index (κ3) is 3.94. The van der Waals surface area contributed by atoms with Gasteiger partial charge >= 0.3 is 0 Å². The molecule has 0 unspecified atom stereocenters. The van der Waals surface area contributed by atoms with Gasteiger partial charge in [-0.3, -0.25) is 4.79 Å². The van der Waals surface area contributed by atoms with Crippen LogP contribution >= 0.6 is 0 Å². The van der Waals surface area contributed by atoms with Crippen LogP contribution in [0.1, 0.15) is 18.4 Å². The van der Waals surface area contributed by atoms with Gasteiger partial charge in [-0.15, -0.1) is 0 Å². The Bertz CT molecular complexity index is 892. The Balaban J connectivity index is 1.61. The average Bonchev–Trinajstić information content (AvgIpc) is 2.65. The fourth-order valence-corrected chi connectivity index (χ4v) is 4.51. The molecule has 7 heteroatoms. The number of halogens is 1. The van der Waals surface area contributed by atoms with E-state index in [1.165, 1.54) is 10.4 Å². The predicted octanol–water partition coefficient (Wildman–Crippen LogP) is 3.17. The molecule has 1 saturated heterocycles. The molecular weight excluding hydrogens is 355 g/mol. The number of amides is 1. The summed E-state index contributed by atoms with van der Waals surface area (Å²) < 4.78 is 40.2. The quantitative estimate of drug-likeness (QED) is 0.891. The summed E-state index contributed by atoms with van der Waals surface area (Å²) in [4.78, 5) is 12.7. The predicted molar refractivity (Wildman–Crippen MR) is 97.7 cm³/mol. The highest BCUT2D eigenvalue weighted by Gasteiger charge is 2.32. The van der Waals surface area contributed by atoms with Crippen LogP contribution in [0.5, 0.6) is 0 Å². The smallest absolute Gasteiger partial charge is 0.243 e. The van der Waals surface area contributed by atoms with Crippen molar-refractivity contribution in [3.8, 4) is 0 Å². The van der Waals surface area contributed by atoms with E-state index in [0.717, 1.165) is 0 Å². The van der Waals surface area contributed by atoms with Crippen LogP contribution in [0.15, 0.2) is 53.4 Å². The van der Waals surface area contributed by atoms with Crippen molar-refractivity contribution >= 4 is 21.6 Å². The molecule has 0 aliphatic carbocycles. The SMILES string of the molecule is Cc1ccc(NC(=O)C2CCN(S(=O)(=O)c3ccccc3)CC2)cc1F. The molecule has 0 aromatic heterocycles. The van der Waals surface area contributed by atoms with Gasteiger partial charge in [-0.05, 0) is 49.6 Å². The van der Waals surface area contributed by atoms with Gasteiger partial charge in [0.05, 0.1) is 4.90 Å². The summed E-state index contributed by atoms with van der Waals surface area (Å²) in [5, 5.41) is 2.72. The molecule has 1 heterocycles. The normalized spacial score (nSPS) is 16.4. The molecule has 138 valence electrons. The van der Waals surface area contributed by atoms with E-state index in [1.54, 1.807) is 49.4 Å². The lowest BCUT2D eigenvalue weighted by molar-refractivity contribution is -0.120. The first-order valence-electron chi connectivity index (χ1n) is 8.50. The first kappa shape index (κ1) is 18.5. The maximum absolute atomic E-state index is 13.6. The van der Waals surface area contributed by atoms with Crippen molar-refractivity contribution in [2.24, 2.45) is 5.92 Å². The van der Waals surface area contributed by atoms with Gasteiger partial charge < -0.3 is 5.32 Å². The maximum Gasteiger partial charge on any atom is 0.243 e. The Kier molecular flexibility index (Phi) is 5.38. The van der Waals surface area contributed by atoms with Gasteiger partial charge in [0.25, 0.3) is 0 Å². The molecular formula is C19H21FN2O3S. The Hall–Kier alpha value is -2.25. The van der Waals surface area contributed by atoms with Gasteiger partial charge in [0.1, 0.15) is 5.82 Å². The first-order valence-corrected chi connectivity index (χ1v) is 9.94. The number of rotatable bonds is 4. The number of hydrogen-bond acceptors (Lipinski definition) is 3. The number of benzene rings is 2. The monoisotopic (exact) mass is 376 g/mol. The Morgan fingerprint density at radius 1 is 1.12 bits per heavy atom. The van der Waals surface area contributed by atoms with Gasteiger partial charge in [-0.25, -0.2) is 12.8 Å². The van der Waals surface area contributed by atoms with Gasteiger partial charge in [-0.2, -0.15) is 4.31 Å². The average molecular weight is 376 g/mol. The maximum atomic E-state index is 13.6. The van der Waals surface area contributed by atoms with Crippen molar-refractivity contribution in [1.82, 2.24) is 4.31 Å². The molecule has 0 atom stereocenters. The molecule has 1 aliphatic rings. The van der Waals surface area contributed by atoms with Crippen LogP contribution in [-0.4, -0.2) is 31.7 Å². The van der Waals surface area contributed by atoms with Crippen molar-refractivity contribution in [1.29, 1.82) is 0 Å². The molecule has 1 amide bonds. The van der Waals surface area contributed by atoms with Crippen LogP contribution in [0.4, 0.5) is 10.1 Å². The largest absolute Gasteiger partial charge is 0.326 e. The minimum Gasteiger partial charge on any atom is -0.326 e. The Morgan fingerprint density at radius 2 is 1.77 bits per heavy atom. The number of nitrogens with zero attached hydrogens (tertiary/aromatic N) is 1.